The number of ketones is 1. The minimum Gasteiger partial charge on any atom is -0.497 e. The summed E-state index contributed by atoms with van der Waals surface area (Å²) < 4.78 is 10.4. The van der Waals surface area contributed by atoms with Gasteiger partial charge in [-0.2, -0.15) is 0 Å². The first kappa shape index (κ1) is 21.8. The number of ether oxygens (including phenoxy) is 2. The normalized spacial score (nSPS) is 10.3. The van der Waals surface area contributed by atoms with Crippen molar-refractivity contribution in [2.24, 2.45) is 0 Å². The number of carbonyl (C=O) groups is 2. The lowest BCUT2D eigenvalue weighted by Crippen LogP contribution is -2.17. The van der Waals surface area contributed by atoms with Gasteiger partial charge < -0.3 is 14.8 Å². The van der Waals surface area contributed by atoms with Crippen LogP contribution < -0.4 is 14.8 Å². The van der Waals surface area contributed by atoms with Crippen LogP contribution in [0.5, 0.6) is 11.5 Å². The molecule has 0 spiro atoms. The molecule has 0 aliphatic rings. The van der Waals surface area contributed by atoms with Crippen molar-refractivity contribution in [1.82, 2.24) is 0 Å². The summed E-state index contributed by atoms with van der Waals surface area (Å²) in [5.74, 6) is -0.164. The lowest BCUT2D eigenvalue weighted by Gasteiger charge is -2.13. The molecule has 3 aromatic carbocycles. The highest BCUT2D eigenvalue weighted by Crippen LogP contribution is 2.30. The van der Waals surface area contributed by atoms with Gasteiger partial charge in [0.1, 0.15) is 16.5 Å². The molecule has 0 aromatic heterocycles. The molecule has 9 heteroatoms. The van der Waals surface area contributed by atoms with Crippen LogP contribution in [0.3, 0.4) is 0 Å². The van der Waals surface area contributed by atoms with Gasteiger partial charge in [0, 0.05) is 23.3 Å². The fraction of sp³-hybridized carbons (Fsp3) is 0.0909. The Labute approximate surface area is 182 Å². The van der Waals surface area contributed by atoms with Crippen LogP contribution in [0.15, 0.2) is 60.7 Å². The number of benzene rings is 3. The van der Waals surface area contributed by atoms with E-state index in [1.165, 1.54) is 38.5 Å². The van der Waals surface area contributed by atoms with Gasteiger partial charge in [0.25, 0.3) is 11.6 Å². The molecule has 0 bridgehead atoms. The third-order valence-corrected chi connectivity index (χ3v) is 4.80. The third kappa shape index (κ3) is 4.65. The van der Waals surface area contributed by atoms with Crippen molar-refractivity contribution in [2.45, 2.75) is 0 Å². The summed E-state index contributed by atoms with van der Waals surface area (Å²) in [6.07, 6.45) is 0. The van der Waals surface area contributed by atoms with Gasteiger partial charge in [0.2, 0.25) is 0 Å². The van der Waals surface area contributed by atoms with E-state index >= 15 is 0 Å². The van der Waals surface area contributed by atoms with E-state index in [2.05, 4.69) is 5.32 Å². The number of hydrogen-bond acceptors (Lipinski definition) is 6. The molecular formula is C22H17ClN2O6. The second-order valence-corrected chi connectivity index (χ2v) is 6.73. The number of anilines is 1. The van der Waals surface area contributed by atoms with Crippen molar-refractivity contribution in [3.05, 3.63) is 92.5 Å². The van der Waals surface area contributed by atoms with Gasteiger partial charge in [0.05, 0.1) is 30.4 Å². The summed E-state index contributed by atoms with van der Waals surface area (Å²) in [5.41, 5.74) is 0.223. The summed E-state index contributed by atoms with van der Waals surface area (Å²) in [6, 6.07) is 14.8. The van der Waals surface area contributed by atoms with Crippen LogP contribution in [-0.2, 0) is 0 Å². The van der Waals surface area contributed by atoms with Crippen molar-refractivity contribution in [3.63, 3.8) is 0 Å². The van der Waals surface area contributed by atoms with Crippen LogP contribution in [0, 0.1) is 10.1 Å². The van der Waals surface area contributed by atoms with Crippen LogP contribution in [0.1, 0.15) is 26.3 Å². The van der Waals surface area contributed by atoms with E-state index in [1.807, 2.05) is 0 Å². The van der Waals surface area contributed by atoms with E-state index < -0.39 is 22.3 Å². The van der Waals surface area contributed by atoms with Gasteiger partial charge in [-0.3, -0.25) is 19.7 Å². The summed E-state index contributed by atoms with van der Waals surface area (Å²) in [6.45, 7) is 0. The Morgan fingerprint density at radius 2 is 1.68 bits per heavy atom. The average Bonchev–Trinajstić information content (AvgIpc) is 2.78. The first-order valence-corrected chi connectivity index (χ1v) is 9.34. The second-order valence-electron chi connectivity index (χ2n) is 6.32. The van der Waals surface area contributed by atoms with E-state index in [-0.39, 0.29) is 21.7 Å². The molecule has 158 valence electrons. The SMILES string of the molecule is COc1ccc(NC(=O)c2ccccc2C(=O)c2ccc(Cl)c([N+](=O)[O-])c2)c(OC)c1. The van der Waals surface area contributed by atoms with E-state index in [0.29, 0.717) is 17.2 Å². The molecule has 31 heavy (non-hydrogen) atoms. The highest BCUT2D eigenvalue weighted by atomic mass is 35.5. The average molecular weight is 441 g/mol. The number of amides is 1. The number of nitro benzene ring substituents is 1. The fourth-order valence-electron chi connectivity index (χ4n) is 2.92. The first-order chi connectivity index (χ1) is 14.8. The first-order valence-electron chi connectivity index (χ1n) is 8.96. The zero-order chi connectivity index (χ0) is 22.5. The Morgan fingerprint density at radius 1 is 0.968 bits per heavy atom. The van der Waals surface area contributed by atoms with Crippen LogP contribution in [0.4, 0.5) is 11.4 Å². The Morgan fingerprint density at radius 3 is 2.32 bits per heavy atom. The Balaban J connectivity index is 1.95. The summed E-state index contributed by atoms with van der Waals surface area (Å²) in [7, 11) is 2.96. The summed E-state index contributed by atoms with van der Waals surface area (Å²) in [4.78, 5) is 36.4. The number of nitrogens with zero attached hydrogens (tertiary/aromatic N) is 1. The molecule has 0 saturated carbocycles. The van der Waals surface area contributed by atoms with Gasteiger partial charge in [0.15, 0.2) is 5.78 Å². The highest BCUT2D eigenvalue weighted by molar-refractivity contribution is 6.33. The summed E-state index contributed by atoms with van der Waals surface area (Å²) in [5, 5.41) is 13.8. The standard InChI is InChI=1S/C22H17ClN2O6/c1-30-14-8-10-18(20(12-14)31-2)24-22(27)16-6-4-3-5-15(16)21(26)13-7-9-17(23)19(11-13)25(28)29/h3-12H,1-2H3,(H,24,27). The van der Waals surface area contributed by atoms with Gasteiger partial charge in [-0.25, -0.2) is 0 Å². The van der Waals surface area contributed by atoms with E-state index in [0.717, 1.165) is 6.07 Å². The third-order valence-electron chi connectivity index (χ3n) is 4.48. The lowest BCUT2D eigenvalue weighted by molar-refractivity contribution is -0.384. The Hall–Kier alpha value is -3.91. The number of hydrogen-bond donors (Lipinski definition) is 1. The zero-order valence-electron chi connectivity index (χ0n) is 16.5. The lowest BCUT2D eigenvalue weighted by atomic mass is 9.97. The highest BCUT2D eigenvalue weighted by Gasteiger charge is 2.22. The molecule has 0 fully saturated rings. The van der Waals surface area contributed by atoms with Gasteiger partial charge in [-0.1, -0.05) is 29.8 Å². The predicted molar refractivity (Wildman–Crippen MR) is 115 cm³/mol. The molecular weight excluding hydrogens is 424 g/mol. The fourth-order valence-corrected chi connectivity index (χ4v) is 3.11. The number of methoxy groups -OCH3 is 2. The zero-order valence-corrected chi connectivity index (χ0v) is 17.3. The van der Waals surface area contributed by atoms with Crippen LogP contribution >= 0.6 is 11.6 Å². The monoisotopic (exact) mass is 440 g/mol. The molecule has 0 saturated heterocycles. The minimum atomic E-state index is -0.673. The predicted octanol–water partition coefficient (Wildman–Crippen LogP) is 4.75. The maximum atomic E-state index is 13.0. The van der Waals surface area contributed by atoms with Gasteiger partial charge >= 0.3 is 0 Å². The molecule has 0 aliphatic heterocycles. The largest absolute Gasteiger partial charge is 0.497 e. The topological polar surface area (TPSA) is 108 Å². The van der Waals surface area contributed by atoms with Crippen molar-refractivity contribution in [1.29, 1.82) is 0 Å². The summed E-state index contributed by atoms with van der Waals surface area (Å²) >= 11 is 5.83. The minimum absolute atomic E-state index is 0.0402. The van der Waals surface area contributed by atoms with Crippen LogP contribution in [0.25, 0.3) is 0 Å². The van der Waals surface area contributed by atoms with E-state index in [4.69, 9.17) is 21.1 Å². The molecule has 1 N–H and O–H groups in total. The number of nitrogens with one attached hydrogen (secondary N) is 1. The van der Waals surface area contributed by atoms with Crippen molar-refractivity contribution < 1.29 is 24.0 Å². The Bertz CT molecular complexity index is 1180. The van der Waals surface area contributed by atoms with E-state index in [1.54, 1.807) is 30.3 Å². The molecule has 3 rings (SSSR count). The number of halogens is 1. The Kier molecular flexibility index (Phi) is 6.52. The smallest absolute Gasteiger partial charge is 0.288 e. The number of rotatable bonds is 7. The maximum Gasteiger partial charge on any atom is 0.288 e. The molecule has 0 atom stereocenters. The van der Waals surface area contributed by atoms with Crippen LogP contribution in [0.2, 0.25) is 5.02 Å². The maximum absolute atomic E-state index is 13.0. The molecule has 0 aliphatic carbocycles. The molecule has 8 nitrogen and oxygen atoms in total. The van der Waals surface area contributed by atoms with Crippen molar-refractivity contribution >= 4 is 34.7 Å². The molecule has 1 amide bonds. The number of nitro groups is 1. The van der Waals surface area contributed by atoms with Crippen molar-refractivity contribution in [2.75, 3.05) is 19.5 Å². The van der Waals surface area contributed by atoms with Gasteiger partial charge in [-0.05, 0) is 30.3 Å². The molecule has 3 aromatic rings. The molecule has 0 unspecified atom stereocenters. The molecule has 0 radical (unpaired) electrons. The quantitative estimate of drug-likeness (QED) is 0.322. The number of carbonyl (C=O) groups excluding carboxylic acids is 2. The van der Waals surface area contributed by atoms with E-state index in [9.17, 15) is 19.7 Å². The van der Waals surface area contributed by atoms with Crippen LogP contribution in [-0.4, -0.2) is 30.8 Å². The van der Waals surface area contributed by atoms with Gasteiger partial charge in [-0.15, -0.1) is 0 Å². The van der Waals surface area contributed by atoms with Crippen molar-refractivity contribution in [3.8, 4) is 11.5 Å². The molecule has 0 heterocycles. The second kappa shape index (κ2) is 9.27.